The average molecular weight is 289 g/mol. The lowest BCUT2D eigenvalue weighted by molar-refractivity contribution is -0.215. The van der Waals surface area contributed by atoms with E-state index in [0.29, 0.717) is 10.8 Å². The van der Waals surface area contributed by atoms with E-state index in [9.17, 15) is 0 Å². The van der Waals surface area contributed by atoms with Gasteiger partial charge in [0.15, 0.2) is 0 Å². The van der Waals surface area contributed by atoms with Crippen LogP contribution < -0.4 is 0 Å². The van der Waals surface area contributed by atoms with Crippen molar-refractivity contribution in [3.8, 4) is 0 Å². The Labute approximate surface area is 132 Å². The first-order valence-electron chi connectivity index (χ1n) is 9.81. The fourth-order valence-electron chi connectivity index (χ4n) is 8.41. The molecule has 21 heavy (non-hydrogen) atoms. The Balaban J connectivity index is 1.76. The summed E-state index contributed by atoms with van der Waals surface area (Å²) in [5.74, 6) is 5.07. The molecule has 0 saturated heterocycles. The van der Waals surface area contributed by atoms with E-state index in [4.69, 9.17) is 0 Å². The molecule has 5 rings (SSSR count). The Morgan fingerprint density at radius 1 is 0.810 bits per heavy atom. The van der Waals surface area contributed by atoms with Gasteiger partial charge in [0.2, 0.25) is 0 Å². The van der Waals surface area contributed by atoms with Crippen molar-refractivity contribution in [2.24, 2.45) is 45.8 Å². The quantitative estimate of drug-likeness (QED) is 0.490. The Hall–Kier alpha value is 0. The molecule has 120 valence electrons. The third-order valence-electron chi connectivity index (χ3n) is 9.62. The molecular weight excluding hydrogens is 252 g/mol. The molecule has 0 amide bonds. The van der Waals surface area contributed by atoms with Gasteiger partial charge in [0.1, 0.15) is 0 Å². The van der Waals surface area contributed by atoms with Crippen LogP contribution in [0.3, 0.4) is 0 Å². The zero-order valence-electron chi connectivity index (χ0n) is 15.0. The van der Waals surface area contributed by atoms with Crippen molar-refractivity contribution in [3.05, 3.63) is 0 Å². The molecule has 0 heterocycles. The number of hydrogen-bond acceptors (Lipinski definition) is 0. The molecule has 0 aromatic rings. The highest BCUT2D eigenvalue weighted by Crippen LogP contribution is 2.73. The molecule has 0 N–H and O–H groups in total. The van der Waals surface area contributed by atoms with Crippen LogP contribution in [0.1, 0.15) is 86.0 Å². The van der Waals surface area contributed by atoms with Crippen molar-refractivity contribution in [1.82, 2.24) is 0 Å². The summed E-state index contributed by atoms with van der Waals surface area (Å²) in [5, 5.41) is 0. The lowest BCUT2D eigenvalue weighted by Crippen LogP contribution is -2.63. The molecule has 0 aromatic heterocycles. The first-order valence-corrected chi connectivity index (χ1v) is 9.81. The van der Waals surface area contributed by atoms with E-state index >= 15 is 0 Å². The molecule has 5 fully saturated rings. The summed E-state index contributed by atoms with van der Waals surface area (Å²) in [4.78, 5) is 0. The van der Waals surface area contributed by atoms with Gasteiger partial charge in [0.05, 0.1) is 0 Å². The molecule has 1 spiro atoms. The lowest BCUT2D eigenvalue weighted by atomic mass is 9.34. The largest absolute Gasteiger partial charge is 0.0620 e. The molecule has 0 nitrogen and oxygen atoms in total. The smallest absolute Gasteiger partial charge is 0.0235 e. The van der Waals surface area contributed by atoms with Crippen LogP contribution in [-0.2, 0) is 0 Å². The molecule has 7 unspecified atom stereocenters. The van der Waals surface area contributed by atoms with Crippen LogP contribution in [0.15, 0.2) is 0 Å². The van der Waals surface area contributed by atoms with Crippen molar-refractivity contribution >= 4 is 0 Å². The van der Waals surface area contributed by atoms with Gasteiger partial charge in [-0.1, -0.05) is 41.0 Å². The molecule has 7 atom stereocenters. The summed E-state index contributed by atoms with van der Waals surface area (Å²) in [5.41, 5.74) is 1.99. The van der Waals surface area contributed by atoms with Gasteiger partial charge in [0, 0.05) is 0 Å². The minimum Gasteiger partial charge on any atom is -0.0620 e. The van der Waals surface area contributed by atoms with Crippen LogP contribution in [0.25, 0.3) is 0 Å². The monoisotopic (exact) mass is 288 g/mol. The molecule has 0 aromatic carbocycles. The first kappa shape index (κ1) is 14.6. The minimum atomic E-state index is 0.597. The van der Waals surface area contributed by atoms with E-state index in [-0.39, 0.29) is 0 Å². The van der Waals surface area contributed by atoms with E-state index in [2.05, 4.69) is 34.6 Å². The van der Waals surface area contributed by atoms with Gasteiger partial charge < -0.3 is 0 Å². The zero-order valence-corrected chi connectivity index (χ0v) is 15.0. The summed E-state index contributed by atoms with van der Waals surface area (Å²) in [6, 6.07) is 0. The van der Waals surface area contributed by atoms with Gasteiger partial charge in [-0.3, -0.25) is 0 Å². The first-order chi connectivity index (χ1) is 9.81. The second-order valence-corrected chi connectivity index (χ2v) is 10.4. The molecule has 5 aliphatic carbocycles. The van der Waals surface area contributed by atoms with E-state index < -0.39 is 0 Å². The van der Waals surface area contributed by atoms with Gasteiger partial charge in [0.25, 0.3) is 0 Å². The van der Waals surface area contributed by atoms with Gasteiger partial charge in [-0.05, 0) is 90.8 Å². The second-order valence-electron chi connectivity index (χ2n) is 10.4. The van der Waals surface area contributed by atoms with Crippen molar-refractivity contribution < 1.29 is 0 Å². The van der Waals surface area contributed by atoms with Crippen molar-refractivity contribution in [2.75, 3.05) is 0 Å². The summed E-state index contributed by atoms with van der Waals surface area (Å²) in [6.07, 6.45) is 12.3. The van der Waals surface area contributed by atoms with E-state index in [1.807, 2.05) is 0 Å². The zero-order chi connectivity index (χ0) is 15.0. The lowest BCUT2D eigenvalue weighted by Gasteiger charge is -2.70. The Morgan fingerprint density at radius 3 is 2.29 bits per heavy atom. The SMILES string of the molecule is CC1C2CCC3(CCC4C(C)(C)CCCC4(C)C3C2)C1C. The Morgan fingerprint density at radius 2 is 1.52 bits per heavy atom. The molecule has 2 bridgehead atoms. The summed E-state index contributed by atoms with van der Waals surface area (Å²) in [6.45, 7) is 13.1. The Kier molecular flexibility index (Phi) is 2.98. The summed E-state index contributed by atoms with van der Waals surface area (Å²) >= 11 is 0. The predicted molar refractivity (Wildman–Crippen MR) is 90.1 cm³/mol. The number of rotatable bonds is 0. The number of fused-ring (bicyclic) bond motifs is 3. The van der Waals surface area contributed by atoms with E-state index in [0.717, 1.165) is 35.0 Å². The third kappa shape index (κ3) is 1.69. The summed E-state index contributed by atoms with van der Waals surface area (Å²) in [7, 11) is 0. The average Bonchev–Trinajstić information content (AvgIpc) is 2.43. The van der Waals surface area contributed by atoms with Crippen LogP contribution in [-0.4, -0.2) is 0 Å². The van der Waals surface area contributed by atoms with Crippen LogP contribution >= 0.6 is 0 Å². The van der Waals surface area contributed by atoms with Gasteiger partial charge >= 0.3 is 0 Å². The van der Waals surface area contributed by atoms with E-state index in [1.54, 1.807) is 25.7 Å². The third-order valence-corrected chi connectivity index (χ3v) is 9.62. The number of hydrogen-bond donors (Lipinski definition) is 0. The fourth-order valence-corrected chi connectivity index (χ4v) is 8.41. The van der Waals surface area contributed by atoms with Crippen LogP contribution in [0.4, 0.5) is 0 Å². The molecule has 0 radical (unpaired) electrons. The van der Waals surface area contributed by atoms with Gasteiger partial charge in [-0.15, -0.1) is 0 Å². The Bertz CT molecular complexity index is 435. The van der Waals surface area contributed by atoms with Crippen molar-refractivity contribution in [2.45, 2.75) is 86.0 Å². The van der Waals surface area contributed by atoms with E-state index in [1.165, 1.54) is 25.7 Å². The van der Waals surface area contributed by atoms with Gasteiger partial charge in [-0.2, -0.15) is 0 Å². The molecule has 0 heteroatoms. The molecule has 0 aliphatic heterocycles. The standard InChI is InChI=1S/C21H36/c1-14-15(2)21-11-7-16(14)13-18(21)20(5)10-6-9-19(3,4)17(20)8-12-21/h14-18H,6-13H2,1-5H3. The summed E-state index contributed by atoms with van der Waals surface area (Å²) < 4.78 is 0. The van der Waals surface area contributed by atoms with Gasteiger partial charge in [-0.25, -0.2) is 0 Å². The van der Waals surface area contributed by atoms with Crippen LogP contribution in [0.2, 0.25) is 0 Å². The predicted octanol–water partition coefficient (Wildman–Crippen LogP) is 6.30. The van der Waals surface area contributed by atoms with Crippen LogP contribution in [0, 0.1) is 45.8 Å². The maximum absolute atomic E-state index is 2.72. The molecule has 5 saturated carbocycles. The van der Waals surface area contributed by atoms with Crippen molar-refractivity contribution in [3.63, 3.8) is 0 Å². The van der Waals surface area contributed by atoms with Crippen LogP contribution in [0.5, 0.6) is 0 Å². The highest BCUT2D eigenvalue weighted by atomic mass is 14.7. The highest BCUT2D eigenvalue weighted by Gasteiger charge is 2.65. The fraction of sp³-hybridized carbons (Fsp3) is 1.00. The second kappa shape index (κ2) is 4.30. The minimum absolute atomic E-state index is 0.597. The molecule has 5 aliphatic rings. The highest BCUT2D eigenvalue weighted by molar-refractivity contribution is 5.14. The maximum atomic E-state index is 2.72. The normalized spacial score (nSPS) is 58.4. The maximum Gasteiger partial charge on any atom is -0.0235 e. The topological polar surface area (TPSA) is 0 Å². The van der Waals surface area contributed by atoms with Crippen molar-refractivity contribution in [1.29, 1.82) is 0 Å². The molecular formula is C21H36.